The Hall–Kier alpha value is -1.80. The maximum absolute atomic E-state index is 10.5. The molecule has 0 N–H and O–H groups in total. The number of benzene rings is 1. The molecule has 0 spiro atoms. The van der Waals surface area contributed by atoms with Crippen molar-refractivity contribution in [1.82, 2.24) is 0 Å². The minimum atomic E-state index is -0.0801. The van der Waals surface area contributed by atoms with Gasteiger partial charge in [-0.05, 0) is 16.7 Å². The predicted octanol–water partition coefficient (Wildman–Crippen LogP) is 2.80. The highest BCUT2D eigenvalue weighted by Crippen LogP contribution is 2.13. The highest BCUT2D eigenvalue weighted by Gasteiger charge is 2.02. The van der Waals surface area contributed by atoms with Gasteiger partial charge in [0.1, 0.15) is 6.29 Å². The van der Waals surface area contributed by atoms with Crippen molar-refractivity contribution in [2.75, 3.05) is 0 Å². The van der Waals surface area contributed by atoms with Crippen molar-refractivity contribution < 1.29 is 4.79 Å². The third kappa shape index (κ3) is 2.61. The Morgan fingerprint density at radius 3 is 2.64 bits per heavy atom. The van der Waals surface area contributed by atoms with Crippen molar-refractivity contribution in [3.63, 3.8) is 0 Å². The van der Waals surface area contributed by atoms with Crippen molar-refractivity contribution >= 4 is 6.29 Å². The van der Waals surface area contributed by atoms with E-state index in [1.54, 1.807) is 0 Å². The molecule has 0 aliphatic heterocycles. The zero-order chi connectivity index (χ0) is 10.4. The van der Waals surface area contributed by atoms with E-state index in [0.717, 1.165) is 17.4 Å². The second-order valence-corrected chi connectivity index (χ2v) is 3.06. The molecule has 14 heavy (non-hydrogen) atoms. The van der Waals surface area contributed by atoms with Crippen LogP contribution in [0.4, 0.5) is 0 Å². The average Bonchev–Trinajstić information content (AvgIpc) is 2.26. The van der Waals surface area contributed by atoms with Crippen molar-refractivity contribution in [2.24, 2.45) is 5.11 Å². The Balaban J connectivity index is 2.77. The van der Waals surface area contributed by atoms with E-state index in [2.05, 4.69) is 10.0 Å². The minimum Gasteiger partial charge on any atom is -0.303 e. The lowest BCUT2D eigenvalue weighted by Gasteiger charge is -2.04. The Bertz CT molecular complexity index is 352. The largest absolute Gasteiger partial charge is 0.303 e. The van der Waals surface area contributed by atoms with E-state index < -0.39 is 0 Å². The summed E-state index contributed by atoms with van der Waals surface area (Å²) in [6.07, 6.45) is 0.905. The molecular formula is C10H11N3O. The molecule has 1 atom stereocenters. The smallest absolute Gasteiger partial charge is 0.127 e. The van der Waals surface area contributed by atoms with Crippen LogP contribution in [0.15, 0.2) is 29.4 Å². The molecule has 0 radical (unpaired) electrons. The second kappa shape index (κ2) is 5.04. The third-order valence-electron chi connectivity index (χ3n) is 2.03. The Labute approximate surface area is 82.2 Å². The molecule has 0 saturated carbocycles. The maximum atomic E-state index is 10.5. The number of aldehydes is 1. The molecular weight excluding hydrogens is 178 g/mol. The molecule has 0 aromatic heterocycles. The molecule has 72 valence electrons. The quantitative estimate of drug-likeness (QED) is 0.311. The van der Waals surface area contributed by atoms with Crippen LogP contribution >= 0.6 is 0 Å². The number of rotatable bonds is 4. The van der Waals surface area contributed by atoms with Crippen LogP contribution in [0, 0.1) is 0 Å². The molecule has 0 heterocycles. The van der Waals surface area contributed by atoms with Gasteiger partial charge in [0, 0.05) is 10.8 Å². The molecule has 0 fully saturated rings. The van der Waals surface area contributed by atoms with Gasteiger partial charge in [-0.15, -0.1) is 0 Å². The molecule has 1 unspecified atom stereocenters. The number of carbonyl (C=O) groups is 1. The van der Waals surface area contributed by atoms with Crippen molar-refractivity contribution in [3.8, 4) is 0 Å². The number of nitrogens with zero attached hydrogens (tertiary/aromatic N) is 3. The Morgan fingerprint density at radius 2 is 2.14 bits per heavy atom. The summed E-state index contributed by atoms with van der Waals surface area (Å²) in [6, 6.07) is 7.48. The van der Waals surface area contributed by atoms with Gasteiger partial charge in [0.05, 0.1) is 6.54 Å². The van der Waals surface area contributed by atoms with Gasteiger partial charge < -0.3 is 4.79 Å². The monoisotopic (exact) mass is 189 g/mol. The average molecular weight is 189 g/mol. The lowest BCUT2D eigenvalue weighted by Crippen LogP contribution is -1.94. The lowest BCUT2D eigenvalue weighted by molar-refractivity contribution is -0.108. The van der Waals surface area contributed by atoms with E-state index in [0.29, 0.717) is 6.54 Å². The van der Waals surface area contributed by atoms with E-state index in [1.807, 2.05) is 31.2 Å². The normalized spacial score (nSPS) is 11.5. The van der Waals surface area contributed by atoms with Crippen LogP contribution in [0.3, 0.4) is 0 Å². The van der Waals surface area contributed by atoms with Crippen molar-refractivity contribution in [2.45, 2.75) is 19.4 Å². The van der Waals surface area contributed by atoms with Gasteiger partial charge in [-0.3, -0.25) is 0 Å². The Kier molecular flexibility index (Phi) is 3.70. The van der Waals surface area contributed by atoms with Gasteiger partial charge in [-0.25, -0.2) is 0 Å². The first-order chi connectivity index (χ1) is 6.77. The number of carbonyl (C=O) groups excluding carboxylic acids is 1. The summed E-state index contributed by atoms with van der Waals surface area (Å²) in [4.78, 5) is 13.2. The fraction of sp³-hybridized carbons (Fsp3) is 0.300. The van der Waals surface area contributed by atoms with Crippen LogP contribution in [-0.4, -0.2) is 6.29 Å². The van der Waals surface area contributed by atoms with Crippen LogP contribution in [-0.2, 0) is 11.3 Å². The minimum absolute atomic E-state index is 0.0801. The second-order valence-electron chi connectivity index (χ2n) is 3.06. The van der Waals surface area contributed by atoms with E-state index >= 15 is 0 Å². The van der Waals surface area contributed by atoms with E-state index in [9.17, 15) is 4.79 Å². The Morgan fingerprint density at radius 1 is 1.50 bits per heavy atom. The molecule has 1 aromatic rings. The fourth-order valence-corrected chi connectivity index (χ4v) is 1.12. The van der Waals surface area contributed by atoms with Crippen LogP contribution in [0.25, 0.3) is 10.4 Å². The van der Waals surface area contributed by atoms with Gasteiger partial charge in [-0.1, -0.05) is 36.3 Å². The first-order valence-corrected chi connectivity index (χ1v) is 4.33. The molecule has 0 aliphatic rings. The summed E-state index contributed by atoms with van der Waals surface area (Å²) < 4.78 is 0. The first kappa shape index (κ1) is 10.3. The SMILES string of the molecule is CC(C=O)c1ccc(CN=[N+]=[N-])cc1. The topological polar surface area (TPSA) is 65.8 Å². The van der Waals surface area contributed by atoms with Gasteiger partial charge in [0.25, 0.3) is 0 Å². The van der Waals surface area contributed by atoms with Crippen LogP contribution in [0.2, 0.25) is 0 Å². The van der Waals surface area contributed by atoms with Gasteiger partial charge in [0.2, 0.25) is 0 Å². The highest BCUT2D eigenvalue weighted by atomic mass is 16.1. The molecule has 1 aromatic carbocycles. The molecule has 4 heteroatoms. The standard InChI is InChI=1S/C10H11N3O/c1-8(7-14)10-4-2-9(3-5-10)6-12-13-11/h2-5,7-8H,6H2,1H3. The molecule has 4 nitrogen and oxygen atoms in total. The van der Waals surface area contributed by atoms with E-state index in [4.69, 9.17) is 5.53 Å². The molecule has 1 rings (SSSR count). The summed E-state index contributed by atoms with van der Waals surface area (Å²) in [6.45, 7) is 2.20. The number of hydrogen-bond acceptors (Lipinski definition) is 2. The summed E-state index contributed by atoms with van der Waals surface area (Å²) in [5.74, 6) is -0.0801. The van der Waals surface area contributed by atoms with E-state index in [-0.39, 0.29) is 5.92 Å². The molecule has 0 amide bonds. The fourth-order valence-electron chi connectivity index (χ4n) is 1.12. The third-order valence-corrected chi connectivity index (χ3v) is 2.03. The summed E-state index contributed by atoms with van der Waals surface area (Å²) in [7, 11) is 0. The summed E-state index contributed by atoms with van der Waals surface area (Å²) in [5, 5.41) is 3.45. The molecule has 0 aliphatic carbocycles. The summed E-state index contributed by atoms with van der Waals surface area (Å²) in [5.41, 5.74) is 10.0. The highest BCUT2D eigenvalue weighted by molar-refractivity contribution is 5.61. The van der Waals surface area contributed by atoms with Crippen LogP contribution in [0.5, 0.6) is 0 Å². The molecule has 0 saturated heterocycles. The zero-order valence-electron chi connectivity index (χ0n) is 7.92. The maximum Gasteiger partial charge on any atom is 0.127 e. The molecule has 0 bridgehead atoms. The lowest BCUT2D eigenvalue weighted by atomic mass is 10.0. The van der Waals surface area contributed by atoms with Crippen LogP contribution < -0.4 is 0 Å². The number of hydrogen-bond donors (Lipinski definition) is 0. The predicted molar refractivity (Wildman–Crippen MR) is 53.8 cm³/mol. The van der Waals surface area contributed by atoms with Gasteiger partial charge in [-0.2, -0.15) is 0 Å². The van der Waals surface area contributed by atoms with Gasteiger partial charge in [0.15, 0.2) is 0 Å². The van der Waals surface area contributed by atoms with Crippen molar-refractivity contribution in [3.05, 3.63) is 45.8 Å². The van der Waals surface area contributed by atoms with E-state index in [1.165, 1.54) is 0 Å². The summed E-state index contributed by atoms with van der Waals surface area (Å²) >= 11 is 0. The van der Waals surface area contributed by atoms with Crippen molar-refractivity contribution in [1.29, 1.82) is 0 Å². The number of azide groups is 1. The first-order valence-electron chi connectivity index (χ1n) is 4.33. The van der Waals surface area contributed by atoms with Gasteiger partial charge >= 0.3 is 0 Å². The zero-order valence-corrected chi connectivity index (χ0v) is 7.92. The van der Waals surface area contributed by atoms with Crippen LogP contribution in [0.1, 0.15) is 24.0 Å².